The molecule has 1 atom stereocenters. The number of rotatable bonds is 3. The molecule has 0 aliphatic carbocycles. The van der Waals surface area contributed by atoms with Gasteiger partial charge < -0.3 is 4.90 Å². The number of piperazine rings is 1. The van der Waals surface area contributed by atoms with E-state index in [0.29, 0.717) is 30.2 Å². The minimum Gasteiger partial charge on any atom is -0.303 e. The quantitative estimate of drug-likeness (QED) is 0.767. The zero-order chi connectivity index (χ0) is 15.8. The standard InChI is InChI=1S/C13H17Cl3N2O2S/c1-9-8-17(2)5-6-18(9)21(19,20)12-4-3-11(15)10(7-14)13(12)16/h3-4,9H,5-8H2,1-2H3. The number of benzene rings is 1. The monoisotopic (exact) mass is 370 g/mol. The molecule has 1 aliphatic heterocycles. The Morgan fingerprint density at radius 1 is 1.29 bits per heavy atom. The van der Waals surface area contributed by atoms with Gasteiger partial charge in [0.15, 0.2) is 0 Å². The maximum Gasteiger partial charge on any atom is 0.244 e. The first kappa shape index (κ1) is 17.3. The highest BCUT2D eigenvalue weighted by Gasteiger charge is 2.34. The molecule has 0 N–H and O–H groups in total. The van der Waals surface area contributed by atoms with Crippen molar-refractivity contribution in [1.82, 2.24) is 9.21 Å². The third kappa shape index (κ3) is 3.33. The Morgan fingerprint density at radius 3 is 2.52 bits per heavy atom. The molecule has 0 aromatic heterocycles. The molecule has 1 heterocycles. The van der Waals surface area contributed by atoms with Crippen LogP contribution in [0.2, 0.25) is 10.0 Å². The third-order valence-electron chi connectivity index (χ3n) is 3.64. The number of nitrogens with zero attached hydrogens (tertiary/aromatic N) is 2. The third-order valence-corrected chi connectivity index (χ3v) is 6.86. The Kier molecular flexibility index (Phi) is 5.45. The van der Waals surface area contributed by atoms with Crippen molar-refractivity contribution in [3.63, 3.8) is 0 Å². The summed E-state index contributed by atoms with van der Waals surface area (Å²) in [7, 11) is -1.68. The fourth-order valence-electron chi connectivity index (χ4n) is 2.50. The van der Waals surface area contributed by atoms with Crippen LogP contribution in [0.25, 0.3) is 0 Å². The van der Waals surface area contributed by atoms with Crippen LogP contribution in [0, 0.1) is 0 Å². The maximum atomic E-state index is 12.8. The molecule has 1 aromatic carbocycles. The summed E-state index contributed by atoms with van der Waals surface area (Å²) >= 11 is 18.0. The zero-order valence-electron chi connectivity index (χ0n) is 11.8. The van der Waals surface area contributed by atoms with Crippen LogP contribution in [0.1, 0.15) is 12.5 Å². The van der Waals surface area contributed by atoms with Crippen molar-refractivity contribution >= 4 is 44.8 Å². The van der Waals surface area contributed by atoms with Gasteiger partial charge in [-0.15, -0.1) is 11.6 Å². The molecule has 21 heavy (non-hydrogen) atoms. The summed E-state index contributed by atoms with van der Waals surface area (Å²) in [6.07, 6.45) is 0. The normalized spacial score (nSPS) is 21.7. The van der Waals surface area contributed by atoms with E-state index in [1.54, 1.807) is 0 Å². The average molecular weight is 372 g/mol. The van der Waals surface area contributed by atoms with Gasteiger partial charge >= 0.3 is 0 Å². The molecule has 1 saturated heterocycles. The Bertz CT molecular complexity index is 637. The van der Waals surface area contributed by atoms with Crippen LogP contribution >= 0.6 is 34.8 Å². The first-order valence-electron chi connectivity index (χ1n) is 6.52. The predicted octanol–water partition coefficient (Wildman–Crippen LogP) is 3.06. The van der Waals surface area contributed by atoms with Crippen LogP contribution in [0.5, 0.6) is 0 Å². The molecule has 0 spiro atoms. The fourth-order valence-corrected chi connectivity index (χ4v) is 5.42. The number of hydrogen-bond acceptors (Lipinski definition) is 3. The van der Waals surface area contributed by atoms with E-state index in [1.807, 2.05) is 14.0 Å². The molecule has 1 aromatic rings. The molecule has 1 aliphatic rings. The van der Waals surface area contributed by atoms with Crippen molar-refractivity contribution < 1.29 is 8.42 Å². The molecule has 1 fully saturated rings. The second-order valence-corrected chi connectivity index (χ2v) is 8.11. The van der Waals surface area contributed by atoms with Crippen LogP contribution < -0.4 is 0 Å². The first-order chi connectivity index (χ1) is 9.78. The maximum absolute atomic E-state index is 12.8. The summed E-state index contributed by atoms with van der Waals surface area (Å²) in [6, 6.07) is 2.86. The number of alkyl halides is 1. The smallest absolute Gasteiger partial charge is 0.244 e. The minimum absolute atomic E-state index is 0.0688. The Labute approximate surface area is 140 Å². The van der Waals surface area contributed by atoms with Gasteiger partial charge in [-0.1, -0.05) is 23.2 Å². The van der Waals surface area contributed by atoms with E-state index in [4.69, 9.17) is 34.8 Å². The predicted molar refractivity (Wildman–Crippen MR) is 86.9 cm³/mol. The molecule has 0 radical (unpaired) electrons. The number of hydrogen-bond donors (Lipinski definition) is 0. The second kappa shape index (κ2) is 6.60. The van der Waals surface area contributed by atoms with Gasteiger partial charge in [0.05, 0.1) is 10.9 Å². The fraction of sp³-hybridized carbons (Fsp3) is 0.538. The highest BCUT2D eigenvalue weighted by Crippen LogP contribution is 2.34. The average Bonchev–Trinajstić information content (AvgIpc) is 2.38. The minimum atomic E-state index is -3.66. The van der Waals surface area contributed by atoms with Crippen LogP contribution in [0.3, 0.4) is 0 Å². The van der Waals surface area contributed by atoms with Crippen molar-refractivity contribution in [2.24, 2.45) is 0 Å². The number of likely N-dealkylation sites (N-methyl/N-ethyl adjacent to an activating group) is 1. The van der Waals surface area contributed by atoms with Gasteiger partial charge in [-0.05, 0) is 26.1 Å². The van der Waals surface area contributed by atoms with Crippen molar-refractivity contribution in [3.8, 4) is 0 Å². The van der Waals surface area contributed by atoms with Crippen molar-refractivity contribution in [2.45, 2.75) is 23.7 Å². The number of sulfonamides is 1. The van der Waals surface area contributed by atoms with Crippen LogP contribution in [0.15, 0.2) is 17.0 Å². The molecule has 118 valence electrons. The summed E-state index contributed by atoms with van der Waals surface area (Å²) in [5, 5.41) is 0.490. The van der Waals surface area contributed by atoms with E-state index in [0.717, 1.165) is 0 Å². The topological polar surface area (TPSA) is 40.6 Å². The van der Waals surface area contributed by atoms with E-state index < -0.39 is 10.0 Å². The molecule has 1 unspecified atom stereocenters. The number of halogens is 3. The molecular formula is C13H17Cl3N2O2S. The lowest BCUT2D eigenvalue weighted by molar-refractivity contribution is 0.170. The lowest BCUT2D eigenvalue weighted by atomic mass is 10.2. The molecule has 0 amide bonds. The van der Waals surface area contributed by atoms with E-state index in [2.05, 4.69) is 4.90 Å². The van der Waals surface area contributed by atoms with Crippen LogP contribution in [0.4, 0.5) is 0 Å². The van der Waals surface area contributed by atoms with E-state index in [1.165, 1.54) is 16.4 Å². The lowest BCUT2D eigenvalue weighted by Crippen LogP contribution is -2.52. The summed E-state index contributed by atoms with van der Waals surface area (Å²) in [5.74, 6) is 0.0688. The zero-order valence-corrected chi connectivity index (χ0v) is 14.9. The van der Waals surface area contributed by atoms with E-state index in [9.17, 15) is 8.42 Å². The largest absolute Gasteiger partial charge is 0.303 e. The van der Waals surface area contributed by atoms with Gasteiger partial charge in [0.2, 0.25) is 10.0 Å². The van der Waals surface area contributed by atoms with E-state index in [-0.39, 0.29) is 21.8 Å². The lowest BCUT2D eigenvalue weighted by Gasteiger charge is -2.37. The molecule has 4 nitrogen and oxygen atoms in total. The van der Waals surface area contributed by atoms with Gasteiger partial charge in [-0.25, -0.2) is 8.42 Å². The van der Waals surface area contributed by atoms with Crippen molar-refractivity contribution in [2.75, 3.05) is 26.7 Å². The van der Waals surface area contributed by atoms with Gasteiger partial charge in [0, 0.05) is 36.3 Å². The van der Waals surface area contributed by atoms with Gasteiger partial charge in [-0.3, -0.25) is 0 Å². The Hall–Kier alpha value is -0.0400. The van der Waals surface area contributed by atoms with Gasteiger partial charge in [-0.2, -0.15) is 4.31 Å². The summed E-state index contributed by atoms with van der Waals surface area (Å²) in [6.45, 7) is 3.71. The molecular weight excluding hydrogens is 355 g/mol. The van der Waals surface area contributed by atoms with Crippen molar-refractivity contribution in [1.29, 1.82) is 0 Å². The summed E-state index contributed by atoms with van der Waals surface area (Å²) in [4.78, 5) is 2.17. The highest BCUT2D eigenvalue weighted by molar-refractivity contribution is 7.89. The molecule has 0 saturated carbocycles. The van der Waals surface area contributed by atoms with Gasteiger partial charge in [0.1, 0.15) is 4.90 Å². The van der Waals surface area contributed by atoms with Crippen LogP contribution in [-0.2, 0) is 15.9 Å². The summed E-state index contributed by atoms with van der Waals surface area (Å²) < 4.78 is 27.2. The SMILES string of the molecule is CC1CN(C)CCN1S(=O)(=O)c1ccc(Cl)c(CCl)c1Cl. The highest BCUT2D eigenvalue weighted by atomic mass is 35.5. The second-order valence-electron chi connectivity index (χ2n) is 5.20. The Balaban J connectivity index is 2.45. The summed E-state index contributed by atoms with van der Waals surface area (Å²) in [5.41, 5.74) is 0.447. The van der Waals surface area contributed by atoms with Crippen LogP contribution in [-0.4, -0.2) is 50.3 Å². The molecule has 2 rings (SSSR count). The van der Waals surface area contributed by atoms with E-state index >= 15 is 0 Å². The van der Waals surface area contributed by atoms with Gasteiger partial charge in [0.25, 0.3) is 0 Å². The van der Waals surface area contributed by atoms with Crippen molar-refractivity contribution in [3.05, 3.63) is 27.7 Å². The Morgan fingerprint density at radius 2 is 1.95 bits per heavy atom. The first-order valence-corrected chi connectivity index (χ1v) is 9.25. The molecule has 8 heteroatoms. The molecule has 0 bridgehead atoms.